The Balaban J connectivity index is 1.46. The fourth-order valence-corrected chi connectivity index (χ4v) is 3.47. The van der Waals surface area contributed by atoms with E-state index in [4.69, 9.17) is 4.74 Å². The number of nitrogens with zero attached hydrogens (tertiary/aromatic N) is 5. The van der Waals surface area contributed by atoms with E-state index in [-0.39, 0.29) is 6.10 Å². The van der Waals surface area contributed by atoms with Crippen LogP contribution in [0.3, 0.4) is 0 Å². The molecule has 1 aromatic carbocycles. The number of para-hydroxylation sites is 1. The molecule has 0 saturated carbocycles. The molecule has 1 N–H and O–H groups in total. The Bertz CT molecular complexity index is 945. The summed E-state index contributed by atoms with van der Waals surface area (Å²) in [7, 11) is 3.74. The molecule has 4 rings (SSSR count). The zero-order valence-electron chi connectivity index (χ0n) is 15.7. The second-order valence-corrected chi connectivity index (χ2v) is 6.65. The van der Waals surface area contributed by atoms with Crippen LogP contribution in [0.5, 0.6) is 0 Å². The molecule has 2 aromatic heterocycles. The molecule has 1 atom stereocenters. The van der Waals surface area contributed by atoms with Crippen molar-refractivity contribution in [3.63, 3.8) is 0 Å². The third kappa shape index (κ3) is 3.78. The van der Waals surface area contributed by atoms with E-state index in [0.717, 1.165) is 41.1 Å². The fraction of sp³-hybridized carbons (Fsp3) is 0.350. The van der Waals surface area contributed by atoms with Crippen molar-refractivity contribution in [1.29, 1.82) is 0 Å². The van der Waals surface area contributed by atoms with Crippen LogP contribution in [0.2, 0.25) is 0 Å². The van der Waals surface area contributed by atoms with Crippen LogP contribution in [0.1, 0.15) is 17.2 Å². The van der Waals surface area contributed by atoms with Crippen molar-refractivity contribution >= 4 is 16.9 Å². The lowest BCUT2D eigenvalue weighted by atomic mass is 10.1. The maximum atomic E-state index is 5.93. The standard InChI is InChI=1S/C20H24N6O/c1-21-20(23-11-16-6-3-5-15-7-4-8-22-19(15)16)26-9-10-27-18(14-26)17-12-24-25(2)13-17/h3-8,12-13,18H,9-11,14H2,1-2H3,(H,21,23). The maximum Gasteiger partial charge on any atom is 0.194 e. The van der Waals surface area contributed by atoms with Crippen LogP contribution in [-0.4, -0.2) is 52.4 Å². The molecule has 0 aliphatic carbocycles. The van der Waals surface area contributed by atoms with Gasteiger partial charge in [-0.2, -0.15) is 5.10 Å². The van der Waals surface area contributed by atoms with E-state index < -0.39 is 0 Å². The van der Waals surface area contributed by atoms with Gasteiger partial charge in [-0.25, -0.2) is 0 Å². The summed E-state index contributed by atoms with van der Waals surface area (Å²) in [6.07, 6.45) is 5.71. The van der Waals surface area contributed by atoms with E-state index in [1.54, 1.807) is 4.68 Å². The molecule has 1 aliphatic heterocycles. The predicted octanol–water partition coefficient (Wildman–Crippen LogP) is 2.12. The molecule has 0 bridgehead atoms. The van der Waals surface area contributed by atoms with Gasteiger partial charge in [0.15, 0.2) is 5.96 Å². The van der Waals surface area contributed by atoms with Gasteiger partial charge in [-0.3, -0.25) is 14.7 Å². The minimum Gasteiger partial charge on any atom is -0.370 e. The van der Waals surface area contributed by atoms with Gasteiger partial charge in [-0.05, 0) is 11.6 Å². The third-order valence-corrected chi connectivity index (χ3v) is 4.83. The van der Waals surface area contributed by atoms with Crippen LogP contribution in [0.25, 0.3) is 10.9 Å². The molecule has 0 spiro atoms. The van der Waals surface area contributed by atoms with Gasteiger partial charge in [0.25, 0.3) is 0 Å². The minimum atomic E-state index is 0.00484. The summed E-state index contributed by atoms with van der Waals surface area (Å²) in [6, 6.07) is 10.3. The molecule has 1 fully saturated rings. The van der Waals surface area contributed by atoms with Crippen molar-refractivity contribution in [2.24, 2.45) is 12.0 Å². The average Bonchev–Trinajstić information content (AvgIpc) is 3.15. The Morgan fingerprint density at radius 3 is 3.04 bits per heavy atom. The molecule has 3 aromatic rings. The first-order valence-corrected chi connectivity index (χ1v) is 9.13. The van der Waals surface area contributed by atoms with E-state index in [1.165, 1.54) is 0 Å². The number of pyridine rings is 1. The van der Waals surface area contributed by atoms with E-state index in [2.05, 4.69) is 49.6 Å². The molecule has 140 valence electrons. The fourth-order valence-electron chi connectivity index (χ4n) is 3.47. The second kappa shape index (κ2) is 7.75. The Morgan fingerprint density at radius 1 is 1.33 bits per heavy atom. The topological polar surface area (TPSA) is 67.6 Å². The highest BCUT2D eigenvalue weighted by Crippen LogP contribution is 2.22. The van der Waals surface area contributed by atoms with Crippen LogP contribution in [0, 0.1) is 0 Å². The molecule has 3 heterocycles. The summed E-state index contributed by atoms with van der Waals surface area (Å²) in [5.41, 5.74) is 3.28. The third-order valence-electron chi connectivity index (χ3n) is 4.83. The van der Waals surface area contributed by atoms with Crippen molar-refractivity contribution in [2.75, 3.05) is 26.7 Å². The highest BCUT2D eigenvalue weighted by atomic mass is 16.5. The van der Waals surface area contributed by atoms with Crippen LogP contribution in [-0.2, 0) is 18.3 Å². The minimum absolute atomic E-state index is 0.00484. The molecule has 1 aliphatic rings. The van der Waals surface area contributed by atoms with Gasteiger partial charge in [0.1, 0.15) is 6.10 Å². The first-order chi connectivity index (χ1) is 13.2. The maximum absolute atomic E-state index is 5.93. The molecule has 27 heavy (non-hydrogen) atoms. The molecule has 1 saturated heterocycles. The molecule has 7 heteroatoms. The SMILES string of the molecule is CN=C(NCc1cccc2cccnc12)N1CCOC(c2cnn(C)c2)C1. The molecular weight excluding hydrogens is 340 g/mol. The number of hydrogen-bond donors (Lipinski definition) is 1. The van der Waals surface area contributed by atoms with Crippen LogP contribution >= 0.6 is 0 Å². The number of aryl methyl sites for hydroxylation is 1. The number of benzene rings is 1. The van der Waals surface area contributed by atoms with Gasteiger partial charge in [0, 0.05) is 50.5 Å². The number of aliphatic imine (C=N–C) groups is 1. The summed E-state index contributed by atoms with van der Waals surface area (Å²) in [5, 5.41) is 8.88. The van der Waals surface area contributed by atoms with E-state index in [9.17, 15) is 0 Å². The van der Waals surface area contributed by atoms with Gasteiger partial charge < -0.3 is 15.0 Å². The van der Waals surface area contributed by atoms with Crippen molar-refractivity contribution in [3.8, 4) is 0 Å². The normalized spacial score (nSPS) is 18.1. The predicted molar refractivity (Wildman–Crippen MR) is 105 cm³/mol. The van der Waals surface area contributed by atoms with E-state index in [1.807, 2.05) is 38.8 Å². The molecule has 1 unspecified atom stereocenters. The lowest BCUT2D eigenvalue weighted by Gasteiger charge is -2.34. The van der Waals surface area contributed by atoms with Gasteiger partial charge >= 0.3 is 0 Å². The highest BCUT2D eigenvalue weighted by Gasteiger charge is 2.25. The van der Waals surface area contributed by atoms with Gasteiger partial charge in [0.05, 0.1) is 24.9 Å². The Kier molecular flexibility index (Phi) is 5.02. The van der Waals surface area contributed by atoms with Crippen molar-refractivity contribution in [2.45, 2.75) is 12.6 Å². The smallest absolute Gasteiger partial charge is 0.194 e. The van der Waals surface area contributed by atoms with Gasteiger partial charge in [0.2, 0.25) is 0 Å². The summed E-state index contributed by atoms with van der Waals surface area (Å²) in [5.74, 6) is 0.875. The second-order valence-electron chi connectivity index (χ2n) is 6.65. The van der Waals surface area contributed by atoms with Crippen LogP contribution in [0.15, 0.2) is 53.9 Å². The number of aromatic nitrogens is 3. The van der Waals surface area contributed by atoms with Gasteiger partial charge in [-0.15, -0.1) is 0 Å². The number of ether oxygens (including phenoxy) is 1. The summed E-state index contributed by atoms with van der Waals surface area (Å²) in [6.45, 7) is 2.90. The van der Waals surface area contributed by atoms with Crippen LogP contribution in [0.4, 0.5) is 0 Å². The molecule has 0 radical (unpaired) electrons. The average molecular weight is 364 g/mol. The first-order valence-electron chi connectivity index (χ1n) is 9.13. The molecule has 7 nitrogen and oxygen atoms in total. The van der Waals surface area contributed by atoms with Crippen molar-refractivity contribution in [3.05, 3.63) is 60.0 Å². The van der Waals surface area contributed by atoms with Crippen molar-refractivity contribution < 1.29 is 4.74 Å². The quantitative estimate of drug-likeness (QED) is 0.570. The van der Waals surface area contributed by atoms with Gasteiger partial charge in [-0.1, -0.05) is 24.3 Å². The largest absolute Gasteiger partial charge is 0.370 e. The Labute approximate surface area is 158 Å². The zero-order valence-corrected chi connectivity index (χ0v) is 15.7. The number of fused-ring (bicyclic) bond motifs is 1. The molecular formula is C20H24N6O. The van der Waals surface area contributed by atoms with Crippen molar-refractivity contribution in [1.82, 2.24) is 25.0 Å². The molecule has 0 amide bonds. The monoisotopic (exact) mass is 364 g/mol. The Hall–Kier alpha value is -2.93. The lowest BCUT2D eigenvalue weighted by Crippen LogP contribution is -2.47. The van der Waals surface area contributed by atoms with Crippen LogP contribution < -0.4 is 5.32 Å². The number of nitrogens with one attached hydrogen (secondary N) is 1. The summed E-state index contributed by atoms with van der Waals surface area (Å²) < 4.78 is 7.74. The first kappa shape index (κ1) is 17.5. The summed E-state index contributed by atoms with van der Waals surface area (Å²) >= 11 is 0. The summed E-state index contributed by atoms with van der Waals surface area (Å²) in [4.78, 5) is 11.2. The lowest BCUT2D eigenvalue weighted by molar-refractivity contribution is -0.00805. The van der Waals surface area contributed by atoms with E-state index >= 15 is 0 Å². The number of guanidine groups is 1. The Morgan fingerprint density at radius 2 is 2.22 bits per heavy atom. The zero-order chi connectivity index (χ0) is 18.6. The van der Waals surface area contributed by atoms with E-state index in [0.29, 0.717) is 13.2 Å². The highest BCUT2D eigenvalue weighted by molar-refractivity contribution is 5.83. The number of morpholine rings is 1. The number of hydrogen-bond acceptors (Lipinski definition) is 4. The number of rotatable bonds is 3.